The molecule has 1 unspecified atom stereocenters. The van der Waals surface area contributed by atoms with E-state index in [2.05, 4.69) is 15.0 Å². The minimum atomic E-state index is -4.13. The molecule has 4 aromatic rings. The standard InChI is InChI=1S/C29H32N4O5S/c1-5-37-26-17-21(9-12-25(26)38-18(2)3)27(29(34)33-39(35,36)23-8-6-7-19(4)15-23)32-22-10-11-24-20(16-22)13-14-31-28(24)30/h6-18,27,32H,5H2,1-4H3,(H2,30,31)(H,33,34). The van der Waals surface area contributed by atoms with Crippen LogP contribution in [0.4, 0.5) is 11.5 Å². The predicted octanol–water partition coefficient (Wildman–Crippen LogP) is 4.97. The van der Waals surface area contributed by atoms with Gasteiger partial charge in [-0.1, -0.05) is 18.2 Å². The van der Waals surface area contributed by atoms with Crippen LogP contribution < -0.4 is 25.2 Å². The number of nitrogen functional groups attached to an aromatic ring is 1. The highest BCUT2D eigenvalue weighted by molar-refractivity contribution is 7.90. The van der Waals surface area contributed by atoms with Crippen molar-refractivity contribution in [3.05, 3.63) is 84.1 Å². The number of carbonyl (C=O) groups is 1. The second kappa shape index (κ2) is 11.6. The van der Waals surface area contributed by atoms with Gasteiger partial charge in [0, 0.05) is 17.3 Å². The average molecular weight is 549 g/mol. The number of nitrogens with one attached hydrogen (secondary N) is 2. The maximum Gasteiger partial charge on any atom is 0.264 e. The Kier molecular flexibility index (Phi) is 8.25. The molecule has 1 atom stereocenters. The Labute approximate surface area is 228 Å². The van der Waals surface area contributed by atoms with Crippen LogP contribution in [0.3, 0.4) is 0 Å². The molecular weight excluding hydrogens is 516 g/mol. The molecule has 1 amide bonds. The molecule has 1 aromatic heterocycles. The van der Waals surface area contributed by atoms with Gasteiger partial charge in [0.15, 0.2) is 11.5 Å². The summed E-state index contributed by atoms with van der Waals surface area (Å²) in [4.78, 5) is 17.7. The molecule has 4 rings (SSSR count). The summed E-state index contributed by atoms with van der Waals surface area (Å²) in [6, 6.07) is 17.5. The molecule has 0 bridgehead atoms. The van der Waals surface area contributed by atoms with E-state index in [0.717, 1.165) is 16.3 Å². The van der Waals surface area contributed by atoms with Crippen LogP contribution in [0.2, 0.25) is 0 Å². The van der Waals surface area contributed by atoms with E-state index in [1.54, 1.807) is 61.7 Å². The second-order valence-electron chi connectivity index (χ2n) is 9.30. The molecular formula is C29H32N4O5S. The molecule has 0 radical (unpaired) electrons. The van der Waals surface area contributed by atoms with Gasteiger partial charge < -0.3 is 20.5 Å². The maximum atomic E-state index is 13.6. The molecule has 0 fully saturated rings. The van der Waals surface area contributed by atoms with Gasteiger partial charge in [-0.3, -0.25) is 4.79 Å². The van der Waals surface area contributed by atoms with Gasteiger partial charge in [0.05, 0.1) is 17.6 Å². The number of nitrogens with two attached hydrogens (primary N) is 1. The lowest BCUT2D eigenvalue weighted by Gasteiger charge is -2.22. The van der Waals surface area contributed by atoms with Crippen LogP contribution in [0.5, 0.6) is 11.5 Å². The van der Waals surface area contributed by atoms with Crippen LogP contribution in [-0.4, -0.2) is 32.0 Å². The van der Waals surface area contributed by atoms with Crippen LogP contribution in [0.25, 0.3) is 10.8 Å². The van der Waals surface area contributed by atoms with Crippen molar-refractivity contribution < 1.29 is 22.7 Å². The number of ether oxygens (including phenoxy) is 2. The SMILES string of the molecule is CCOc1cc(C(Nc2ccc3c(N)nccc3c2)C(=O)NS(=O)(=O)c2cccc(C)c2)ccc1OC(C)C. The number of nitrogens with zero attached hydrogens (tertiary/aromatic N) is 1. The molecule has 1 heterocycles. The van der Waals surface area contributed by atoms with E-state index in [4.69, 9.17) is 15.2 Å². The fraction of sp³-hybridized carbons (Fsp3) is 0.241. The Hall–Kier alpha value is -4.31. The molecule has 0 saturated carbocycles. The first kappa shape index (κ1) is 27.7. The van der Waals surface area contributed by atoms with Crippen LogP contribution in [0.1, 0.15) is 37.9 Å². The van der Waals surface area contributed by atoms with Gasteiger partial charge in [-0.15, -0.1) is 0 Å². The van der Waals surface area contributed by atoms with Crippen LogP contribution in [0, 0.1) is 6.92 Å². The van der Waals surface area contributed by atoms with E-state index < -0.39 is 22.0 Å². The summed E-state index contributed by atoms with van der Waals surface area (Å²) in [5.74, 6) is 0.600. The molecule has 0 saturated heterocycles. The number of sulfonamides is 1. The minimum Gasteiger partial charge on any atom is -0.490 e. The maximum absolute atomic E-state index is 13.6. The van der Waals surface area contributed by atoms with E-state index in [1.807, 2.05) is 26.8 Å². The summed E-state index contributed by atoms with van der Waals surface area (Å²) < 4.78 is 40.1. The van der Waals surface area contributed by atoms with Crippen LogP contribution in [0.15, 0.2) is 77.8 Å². The van der Waals surface area contributed by atoms with Crippen molar-refractivity contribution in [3.63, 3.8) is 0 Å². The van der Waals surface area contributed by atoms with Crippen molar-refractivity contribution in [1.82, 2.24) is 9.71 Å². The topological polar surface area (TPSA) is 133 Å². The van der Waals surface area contributed by atoms with Crippen molar-refractivity contribution in [2.75, 3.05) is 17.7 Å². The average Bonchev–Trinajstić information content (AvgIpc) is 2.88. The zero-order chi connectivity index (χ0) is 28.2. The lowest BCUT2D eigenvalue weighted by molar-refractivity contribution is -0.120. The first-order valence-corrected chi connectivity index (χ1v) is 14.0. The Morgan fingerprint density at radius 3 is 2.54 bits per heavy atom. The first-order chi connectivity index (χ1) is 18.6. The molecule has 0 aliphatic rings. The number of rotatable bonds is 10. The third kappa shape index (κ3) is 6.58. The lowest BCUT2D eigenvalue weighted by atomic mass is 10.0. The molecule has 4 N–H and O–H groups in total. The quantitative estimate of drug-likeness (QED) is 0.253. The highest BCUT2D eigenvalue weighted by Crippen LogP contribution is 2.33. The lowest BCUT2D eigenvalue weighted by Crippen LogP contribution is -2.37. The molecule has 0 spiro atoms. The summed E-state index contributed by atoms with van der Waals surface area (Å²) >= 11 is 0. The number of anilines is 2. The molecule has 0 aliphatic heterocycles. The number of amides is 1. The Morgan fingerprint density at radius 2 is 1.82 bits per heavy atom. The van der Waals surface area contributed by atoms with E-state index in [9.17, 15) is 13.2 Å². The van der Waals surface area contributed by atoms with Gasteiger partial charge in [-0.25, -0.2) is 18.1 Å². The fourth-order valence-corrected chi connectivity index (χ4v) is 5.21. The van der Waals surface area contributed by atoms with Gasteiger partial charge in [0.1, 0.15) is 11.9 Å². The summed E-state index contributed by atoms with van der Waals surface area (Å²) in [5, 5.41) is 4.77. The molecule has 39 heavy (non-hydrogen) atoms. The Balaban J connectivity index is 1.74. The summed E-state index contributed by atoms with van der Waals surface area (Å²) in [6.07, 6.45) is 1.51. The van der Waals surface area contributed by atoms with Gasteiger partial charge in [0.25, 0.3) is 15.9 Å². The number of hydrogen-bond donors (Lipinski definition) is 3. The number of fused-ring (bicyclic) bond motifs is 1. The number of pyridine rings is 1. The largest absolute Gasteiger partial charge is 0.490 e. The first-order valence-electron chi connectivity index (χ1n) is 12.5. The number of hydrogen-bond acceptors (Lipinski definition) is 8. The second-order valence-corrected chi connectivity index (χ2v) is 11.0. The minimum absolute atomic E-state index is 0.000956. The van der Waals surface area contributed by atoms with Gasteiger partial charge in [-0.05, 0) is 92.7 Å². The molecule has 0 aliphatic carbocycles. The summed E-state index contributed by atoms with van der Waals surface area (Å²) in [5.41, 5.74) is 7.82. The third-order valence-electron chi connectivity index (χ3n) is 5.87. The van der Waals surface area contributed by atoms with Crippen LogP contribution >= 0.6 is 0 Å². The van der Waals surface area contributed by atoms with Crippen molar-refractivity contribution in [3.8, 4) is 11.5 Å². The number of benzene rings is 3. The van der Waals surface area contributed by atoms with E-state index in [1.165, 1.54) is 12.1 Å². The highest BCUT2D eigenvalue weighted by atomic mass is 32.2. The number of aryl methyl sites for hydroxylation is 1. The van der Waals surface area contributed by atoms with E-state index in [0.29, 0.717) is 35.2 Å². The number of aromatic nitrogens is 1. The van der Waals surface area contributed by atoms with E-state index in [-0.39, 0.29) is 11.0 Å². The Morgan fingerprint density at radius 1 is 1.03 bits per heavy atom. The summed E-state index contributed by atoms with van der Waals surface area (Å²) in [6.45, 7) is 7.81. The monoisotopic (exact) mass is 548 g/mol. The Bertz CT molecular complexity index is 1600. The molecule has 204 valence electrons. The number of carbonyl (C=O) groups excluding carboxylic acids is 1. The van der Waals surface area contributed by atoms with E-state index >= 15 is 0 Å². The van der Waals surface area contributed by atoms with Crippen molar-refractivity contribution in [2.45, 2.75) is 44.7 Å². The van der Waals surface area contributed by atoms with Crippen molar-refractivity contribution in [1.29, 1.82) is 0 Å². The van der Waals surface area contributed by atoms with Gasteiger partial charge in [-0.2, -0.15) is 0 Å². The molecule has 3 aromatic carbocycles. The fourth-order valence-electron chi connectivity index (χ4n) is 4.11. The van der Waals surface area contributed by atoms with Crippen LogP contribution in [-0.2, 0) is 14.8 Å². The zero-order valence-corrected chi connectivity index (χ0v) is 23.1. The van der Waals surface area contributed by atoms with Crippen molar-refractivity contribution in [2.24, 2.45) is 0 Å². The highest BCUT2D eigenvalue weighted by Gasteiger charge is 2.27. The van der Waals surface area contributed by atoms with Gasteiger partial charge >= 0.3 is 0 Å². The zero-order valence-electron chi connectivity index (χ0n) is 22.3. The summed E-state index contributed by atoms with van der Waals surface area (Å²) in [7, 11) is -4.13. The molecule has 9 nitrogen and oxygen atoms in total. The normalized spacial score (nSPS) is 12.2. The van der Waals surface area contributed by atoms with Crippen molar-refractivity contribution >= 4 is 38.2 Å². The third-order valence-corrected chi connectivity index (χ3v) is 7.21. The predicted molar refractivity (Wildman–Crippen MR) is 152 cm³/mol. The van der Waals surface area contributed by atoms with Gasteiger partial charge in [0.2, 0.25) is 0 Å². The smallest absolute Gasteiger partial charge is 0.264 e. The molecule has 10 heteroatoms.